The quantitative estimate of drug-likeness (QED) is 0.158. The van der Waals surface area contributed by atoms with Crippen LogP contribution in [0, 0.1) is 0 Å². The molecule has 2 unspecified atom stereocenters. The van der Waals surface area contributed by atoms with Crippen molar-refractivity contribution < 1.29 is 42.5 Å². The summed E-state index contributed by atoms with van der Waals surface area (Å²) in [6, 6.07) is 14.1. The minimum Gasteiger partial charge on any atom is -0.508 e. The highest BCUT2D eigenvalue weighted by atomic mass is 16.7. The van der Waals surface area contributed by atoms with E-state index in [2.05, 4.69) is 9.97 Å². The van der Waals surface area contributed by atoms with Crippen molar-refractivity contribution in [2.45, 2.75) is 51.7 Å². The van der Waals surface area contributed by atoms with Crippen LogP contribution in [0.5, 0.6) is 11.5 Å². The zero-order chi connectivity index (χ0) is 31.1. The Morgan fingerprint density at radius 2 is 1.68 bits per heavy atom. The van der Waals surface area contributed by atoms with E-state index in [1.54, 1.807) is 50.5 Å². The van der Waals surface area contributed by atoms with E-state index in [0.29, 0.717) is 30.3 Å². The first kappa shape index (κ1) is 32.0. The second kappa shape index (κ2) is 16.7. The van der Waals surface area contributed by atoms with Gasteiger partial charge in [0.25, 0.3) is 0 Å². The maximum absolute atomic E-state index is 11.8. The Labute approximate surface area is 255 Å². The van der Waals surface area contributed by atoms with E-state index in [4.69, 9.17) is 27.8 Å². The van der Waals surface area contributed by atoms with Crippen LogP contribution in [0.1, 0.15) is 68.1 Å². The highest BCUT2D eigenvalue weighted by Crippen LogP contribution is 2.30. The van der Waals surface area contributed by atoms with Crippen LogP contribution in [0.4, 0.5) is 0 Å². The average Bonchev–Trinajstić information content (AvgIpc) is 3.77. The lowest BCUT2D eigenvalue weighted by Gasteiger charge is -2.23. The molecule has 2 atom stereocenters. The monoisotopic (exact) mass is 604 g/mol. The lowest BCUT2D eigenvalue weighted by Crippen LogP contribution is -2.24. The molecule has 2 aromatic heterocycles. The standard InChI is InChI=1S/C19H21NO5.C14H15NO4/c1-2-22-18(21)11-16(17-12-20-13-24-17)14-6-8-15(9-7-14)25-19-5-3-4-10-23-19;1-2-18-14(17)7-12(13-8-15-9-19-13)10-3-5-11(16)6-4-10/h6-9,11-13,19H,2-5,10H2,1H3;3-6,8-9,12,16H,2,7H2,1H3. The van der Waals surface area contributed by atoms with Gasteiger partial charge in [-0.25, -0.2) is 14.8 Å². The zero-order valence-corrected chi connectivity index (χ0v) is 24.7. The maximum atomic E-state index is 11.8. The van der Waals surface area contributed by atoms with Crippen molar-refractivity contribution in [3.05, 3.63) is 102 Å². The van der Waals surface area contributed by atoms with E-state index in [1.165, 1.54) is 18.9 Å². The van der Waals surface area contributed by atoms with Crippen molar-refractivity contribution in [3.8, 4) is 11.5 Å². The third-order valence-corrected chi connectivity index (χ3v) is 6.58. The van der Waals surface area contributed by atoms with E-state index in [9.17, 15) is 14.7 Å². The first-order valence-corrected chi connectivity index (χ1v) is 14.5. The summed E-state index contributed by atoms with van der Waals surface area (Å²) in [4.78, 5) is 31.3. The Morgan fingerprint density at radius 3 is 2.30 bits per heavy atom. The molecule has 0 saturated carbocycles. The molecule has 2 aromatic carbocycles. The molecular weight excluding hydrogens is 568 g/mol. The number of rotatable bonds is 11. The number of hydrogen-bond donors (Lipinski definition) is 1. The van der Waals surface area contributed by atoms with Crippen LogP contribution < -0.4 is 4.74 Å². The molecule has 0 bridgehead atoms. The SMILES string of the molecule is CCOC(=O)C=C(c1ccc(OC2CCCCO2)cc1)c1cnco1.CCOC(=O)CC(c1ccc(O)cc1)c1cnco1. The molecule has 4 aromatic rings. The largest absolute Gasteiger partial charge is 0.508 e. The lowest BCUT2D eigenvalue weighted by molar-refractivity contribution is -0.143. The smallest absolute Gasteiger partial charge is 0.331 e. The van der Waals surface area contributed by atoms with Crippen LogP contribution in [0.2, 0.25) is 0 Å². The molecule has 5 rings (SSSR count). The molecule has 3 heterocycles. The molecule has 11 heteroatoms. The van der Waals surface area contributed by atoms with Gasteiger partial charge in [-0.05, 0) is 62.1 Å². The van der Waals surface area contributed by atoms with Gasteiger partial charge in [-0.3, -0.25) is 4.79 Å². The second-order valence-electron chi connectivity index (χ2n) is 9.67. The van der Waals surface area contributed by atoms with E-state index in [-0.39, 0.29) is 30.3 Å². The topological polar surface area (TPSA) is 143 Å². The fraction of sp³-hybridized carbons (Fsp3) is 0.333. The number of aromatic hydroxyl groups is 1. The first-order chi connectivity index (χ1) is 21.5. The van der Waals surface area contributed by atoms with E-state index >= 15 is 0 Å². The van der Waals surface area contributed by atoms with Crippen molar-refractivity contribution in [3.63, 3.8) is 0 Å². The third-order valence-electron chi connectivity index (χ3n) is 6.58. The van der Waals surface area contributed by atoms with Gasteiger partial charge in [0.2, 0.25) is 0 Å². The summed E-state index contributed by atoms with van der Waals surface area (Å²) in [6.45, 7) is 4.92. The van der Waals surface area contributed by atoms with Gasteiger partial charge in [0.15, 0.2) is 24.8 Å². The van der Waals surface area contributed by atoms with Crippen molar-refractivity contribution in [2.24, 2.45) is 0 Å². The molecule has 0 aliphatic carbocycles. The number of hydrogen-bond acceptors (Lipinski definition) is 11. The Hall–Kier alpha value is -4.90. The number of nitrogens with zero attached hydrogens (tertiary/aromatic N) is 2. The van der Waals surface area contributed by atoms with Crippen LogP contribution in [0.15, 0.2) is 88.6 Å². The molecular formula is C33H36N2O9. The van der Waals surface area contributed by atoms with E-state index in [1.807, 2.05) is 24.3 Å². The van der Waals surface area contributed by atoms with Crippen molar-refractivity contribution in [2.75, 3.05) is 19.8 Å². The molecule has 1 aliphatic rings. The number of phenols is 1. The molecule has 0 amide bonds. The van der Waals surface area contributed by atoms with Crippen LogP contribution in [-0.4, -0.2) is 53.1 Å². The summed E-state index contributed by atoms with van der Waals surface area (Å²) in [5.74, 6) is 1.01. The number of benzene rings is 2. The number of ether oxygens (including phenoxy) is 4. The minimum atomic E-state index is -0.426. The zero-order valence-electron chi connectivity index (χ0n) is 24.7. The van der Waals surface area contributed by atoms with Gasteiger partial charge >= 0.3 is 11.9 Å². The van der Waals surface area contributed by atoms with Gasteiger partial charge in [0.1, 0.15) is 17.3 Å². The van der Waals surface area contributed by atoms with Crippen molar-refractivity contribution in [1.82, 2.24) is 9.97 Å². The van der Waals surface area contributed by atoms with Crippen LogP contribution in [-0.2, 0) is 23.8 Å². The molecule has 0 spiro atoms. The van der Waals surface area contributed by atoms with Gasteiger partial charge in [-0.15, -0.1) is 0 Å². The third kappa shape index (κ3) is 9.56. The molecule has 1 aliphatic heterocycles. The highest BCUT2D eigenvalue weighted by molar-refractivity contribution is 5.95. The van der Waals surface area contributed by atoms with Crippen molar-refractivity contribution >= 4 is 17.5 Å². The summed E-state index contributed by atoms with van der Waals surface area (Å²) in [5.41, 5.74) is 2.28. The average molecular weight is 605 g/mol. The molecule has 1 N–H and O–H groups in total. The number of carbonyl (C=O) groups is 2. The molecule has 0 radical (unpaired) electrons. The predicted molar refractivity (Wildman–Crippen MR) is 159 cm³/mol. The fourth-order valence-electron chi connectivity index (χ4n) is 4.49. The first-order valence-electron chi connectivity index (χ1n) is 14.5. The number of carbonyl (C=O) groups excluding carboxylic acids is 2. The Balaban J connectivity index is 0.000000209. The molecule has 44 heavy (non-hydrogen) atoms. The van der Waals surface area contributed by atoms with E-state index in [0.717, 1.165) is 42.7 Å². The lowest BCUT2D eigenvalue weighted by atomic mass is 9.93. The Morgan fingerprint density at radius 1 is 0.955 bits per heavy atom. The number of aromatic nitrogens is 2. The molecule has 1 fully saturated rings. The van der Waals surface area contributed by atoms with Gasteiger partial charge in [0, 0.05) is 18.1 Å². The normalized spacial score (nSPS) is 15.4. The van der Waals surface area contributed by atoms with Crippen molar-refractivity contribution in [1.29, 1.82) is 0 Å². The Kier molecular flexibility index (Phi) is 12.1. The van der Waals surface area contributed by atoms with Gasteiger partial charge in [-0.2, -0.15) is 0 Å². The highest BCUT2D eigenvalue weighted by Gasteiger charge is 2.22. The minimum absolute atomic E-state index is 0.174. The van der Waals surface area contributed by atoms with Crippen LogP contribution in [0.3, 0.4) is 0 Å². The second-order valence-corrected chi connectivity index (χ2v) is 9.67. The summed E-state index contributed by atoms with van der Waals surface area (Å²) in [6.07, 6.45) is 10.3. The van der Waals surface area contributed by atoms with Gasteiger partial charge in [-0.1, -0.05) is 24.3 Å². The predicted octanol–water partition coefficient (Wildman–Crippen LogP) is 6.04. The molecule has 1 saturated heterocycles. The fourth-order valence-corrected chi connectivity index (χ4v) is 4.49. The van der Waals surface area contributed by atoms with E-state index < -0.39 is 5.97 Å². The van der Waals surface area contributed by atoms with Crippen LogP contribution >= 0.6 is 0 Å². The maximum Gasteiger partial charge on any atom is 0.331 e. The van der Waals surface area contributed by atoms with Gasteiger partial charge < -0.3 is 32.9 Å². The van der Waals surface area contributed by atoms with Gasteiger partial charge in [0.05, 0.1) is 44.6 Å². The summed E-state index contributed by atoms with van der Waals surface area (Å²) >= 11 is 0. The Bertz CT molecular complexity index is 1440. The summed E-state index contributed by atoms with van der Waals surface area (Å²) < 4.78 is 32.0. The summed E-state index contributed by atoms with van der Waals surface area (Å²) in [7, 11) is 0. The number of esters is 2. The van der Waals surface area contributed by atoms with Crippen LogP contribution in [0.25, 0.3) is 5.57 Å². The number of oxazole rings is 2. The number of phenolic OH excluding ortho intramolecular Hbond substituents is 1. The molecule has 232 valence electrons. The molecule has 11 nitrogen and oxygen atoms in total. The summed E-state index contributed by atoms with van der Waals surface area (Å²) in [5, 5.41) is 9.31.